The molecule has 3 nitrogen and oxygen atoms in total. The molecular weight excluding hydrogens is 224 g/mol. The topological polar surface area (TPSA) is 26.5 Å². The van der Waals surface area contributed by atoms with Crippen LogP contribution in [0.1, 0.15) is 5.56 Å². The normalized spacial score (nSPS) is 10.8. The Morgan fingerprint density at radius 2 is 2.00 bits per heavy atom. The molecule has 3 rings (SSSR count). The highest BCUT2D eigenvalue weighted by atomic mass is 16.5. The molecule has 3 heteroatoms. The largest absolute Gasteiger partial charge is 0.497 e. The molecule has 0 N–H and O–H groups in total. The number of aryl methyl sites for hydroxylation is 1. The van der Waals surface area contributed by atoms with Crippen molar-refractivity contribution >= 4 is 5.65 Å². The van der Waals surface area contributed by atoms with Gasteiger partial charge in [-0.1, -0.05) is 24.3 Å². The van der Waals surface area contributed by atoms with Crippen LogP contribution >= 0.6 is 0 Å². The van der Waals surface area contributed by atoms with Gasteiger partial charge in [0.2, 0.25) is 0 Å². The molecule has 2 heterocycles. The van der Waals surface area contributed by atoms with Crippen LogP contribution in [0.3, 0.4) is 0 Å². The Balaban J connectivity index is 2.17. The van der Waals surface area contributed by atoms with E-state index in [2.05, 4.69) is 24.0 Å². The van der Waals surface area contributed by atoms with Crippen molar-refractivity contribution in [1.82, 2.24) is 9.38 Å². The van der Waals surface area contributed by atoms with Crippen molar-refractivity contribution in [3.8, 4) is 17.0 Å². The van der Waals surface area contributed by atoms with Crippen LogP contribution in [0.4, 0.5) is 0 Å². The lowest BCUT2D eigenvalue weighted by molar-refractivity contribution is 0.414. The van der Waals surface area contributed by atoms with Crippen LogP contribution in [0, 0.1) is 6.92 Å². The molecule has 3 aromatic rings. The Kier molecular flexibility index (Phi) is 2.52. The number of hydrogen-bond acceptors (Lipinski definition) is 2. The van der Waals surface area contributed by atoms with Crippen LogP contribution in [0.25, 0.3) is 16.9 Å². The van der Waals surface area contributed by atoms with Gasteiger partial charge in [0.1, 0.15) is 11.4 Å². The van der Waals surface area contributed by atoms with E-state index in [1.165, 1.54) is 11.1 Å². The molecule has 0 radical (unpaired) electrons. The van der Waals surface area contributed by atoms with Crippen molar-refractivity contribution in [3.63, 3.8) is 0 Å². The van der Waals surface area contributed by atoms with Crippen molar-refractivity contribution in [2.45, 2.75) is 6.92 Å². The smallest absolute Gasteiger partial charge is 0.141 e. The fourth-order valence-corrected chi connectivity index (χ4v) is 2.08. The first kappa shape index (κ1) is 10.8. The summed E-state index contributed by atoms with van der Waals surface area (Å²) in [6.07, 6.45) is 4.00. The van der Waals surface area contributed by atoms with E-state index in [0.29, 0.717) is 0 Å². The summed E-state index contributed by atoms with van der Waals surface area (Å²) in [6.45, 7) is 2.10. The summed E-state index contributed by atoms with van der Waals surface area (Å²) in [4.78, 5) is 4.64. The van der Waals surface area contributed by atoms with E-state index in [1.54, 1.807) is 7.11 Å². The van der Waals surface area contributed by atoms with Crippen molar-refractivity contribution < 1.29 is 4.74 Å². The number of aromatic nitrogens is 2. The van der Waals surface area contributed by atoms with E-state index in [0.717, 1.165) is 17.1 Å². The third-order valence-corrected chi connectivity index (χ3v) is 3.09. The minimum absolute atomic E-state index is 0.824. The van der Waals surface area contributed by atoms with E-state index >= 15 is 0 Å². The van der Waals surface area contributed by atoms with Gasteiger partial charge in [0.15, 0.2) is 0 Å². The summed E-state index contributed by atoms with van der Waals surface area (Å²) in [5.41, 5.74) is 4.28. The van der Waals surface area contributed by atoms with E-state index in [9.17, 15) is 0 Å². The first-order valence-corrected chi connectivity index (χ1v) is 5.86. The van der Waals surface area contributed by atoms with Gasteiger partial charge < -0.3 is 9.14 Å². The highest BCUT2D eigenvalue weighted by Gasteiger charge is 2.06. The maximum Gasteiger partial charge on any atom is 0.141 e. The van der Waals surface area contributed by atoms with Gasteiger partial charge in [0.05, 0.1) is 12.8 Å². The molecule has 0 amide bonds. The number of nitrogens with zero attached hydrogens (tertiary/aromatic N) is 2. The average molecular weight is 238 g/mol. The van der Waals surface area contributed by atoms with Crippen molar-refractivity contribution in [1.29, 1.82) is 0 Å². The summed E-state index contributed by atoms with van der Waals surface area (Å²) in [6, 6.07) is 12.1. The molecule has 0 spiro atoms. The van der Waals surface area contributed by atoms with Crippen LogP contribution in [-0.4, -0.2) is 16.5 Å². The fraction of sp³-hybridized carbons (Fsp3) is 0.133. The molecule has 90 valence electrons. The molecule has 0 saturated heterocycles. The van der Waals surface area contributed by atoms with Crippen molar-refractivity contribution in [2.75, 3.05) is 7.11 Å². The van der Waals surface area contributed by atoms with E-state index in [1.807, 2.05) is 41.1 Å². The third-order valence-electron chi connectivity index (χ3n) is 3.09. The van der Waals surface area contributed by atoms with E-state index in [-0.39, 0.29) is 0 Å². The number of hydrogen-bond donors (Lipinski definition) is 0. The lowest BCUT2D eigenvalue weighted by Crippen LogP contribution is -1.86. The van der Waals surface area contributed by atoms with Crippen LogP contribution < -0.4 is 4.74 Å². The van der Waals surface area contributed by atoms with Gasteiger partial charge in [-0.3, -0.25) is 0 Å². The number of rotatable bonds is 2. The first-order valence-electron chi connectivity index (χ1n) is 5.86. The maximum atomic E-state index is 5.21. The Labute approximate surface area is 106 Å². The number of methoxy groups -OCH3 is 1. The summed E-state index contributed by atoms with van der Waals surface area (Å²) >= 11 is 0. The summed E-state index contributed by atoms with van der Waals surface area (Å²) in [7, 11) is 1.66. The number of ether oxygens (including phenoxy) is 1. The molecule has 0 atom stereocenters. The highest BCUT2D eigenvalue weighted by molar-refractivity contribution is 5.66. The minimum atomic E-state index is 0.824. The van der Waals surface area contributed by atoms with Gasteiger partial charge in [-0.2, -0.15) is 0 Å². The zero-order valence-electron chi connectivity index (χ0n) is 10.4. The lowest BCUT2D eigenvalue weighted by atomic mass is 10.1. The van der Waals surface area contributed by atoms with Gasteiger partial charge in [-0.15, -0.1) is 0 Å². The SMILES string of the molecule is COc1ccn2cc(-c3ccccc3C)nc2c1. The Hall–Kier alpha value is -2.29. The molecule has 0 fully saturated rings. The molecule has 0 bridgehead atoms. The first-order chi connectivity index (χ1) is 8.78. The second kappa shape index (κ2) is 4.18. The number of pyridine rings is 1. The number of fused-ring (bicyclic) bond motifs is 1. The molecule has 18 heavy (non-hydrogen) atoms. The molecule has 1 aromatic carbocycles. The quantitative estimate of drug-likeness (QED) is 0.684. The lowest BCUT2D eigenvalue weighted by Gasteiger charge is -1.99. The molecule has 0 aliphatic rings. The summed E-state index contributed by atoms with van der Waals surface area (Å²) in [5, 5.41) is 0. The van der Waals surface area contributed by atoms with Gasteiger partial charge in [-0.25, -0.2) is 4.98 Å². The van der Waals surface area contributed by atoms with E-state index in [4.69, 9.17) is 4.74 Å². The number of imidazole rings is 1. The Morgan fingerprint density at radius 1 is 1.17 bits per heavy atom. The van der Waals surface area contributed by atoms with Gasteiger partial charge in [-0.05, 0) is 18.6 Å². The Bertz CT molecular complexity index is 701. The van der Waals surface area contributed by atoms with Gasteiger partial charge >= 0.3 is 0 Å². The maximum absolute atomic E-state index is 5.21. The minimum Gasteiger partial charge on any atom is -0.497 e. The summed E-state index contributed by atoms with van der Waals surface area (Å²) in [5.74, 6) is 0.824. The predicted molar refractivity (Wildman–Crippen MR) is 71.9 cm³/mol. The second-order valence-electron chi connectivity index (χ2n) is 4.27. The second-order valence-corrected chi connectivity index (χ2v) is 4.27. The Morgan fingerprint density at radius 3 is 2.78 bits per heavy atom. The monoisotopic (exact) mass is 238 g/mol. The van der Waals surface area contributed by atoms with Gasteiger partial charge in [0.25, 0.3) is 0 Å². The van der Waals surface area contributed by atoms with Crippen LogP contribution in [0.2, 0.25) is 0 Å². The molecule has 2 aromatic heterocycles. The zero-order chi connectivity index (χ0) is 12.5. The van der Waals surface area contributed by atoms with Crippen molar-refractivity contribution in [2.24, 2.45) is 0 Å². The molecule has 0 unspecified atom stereocenters. The standard InChI is InChI=1S/C15H14N2O/c1-11-5-3-4-6-13(11)14-10-17-8-7-12(18-2)9-15(17)16-14/h3-10H,1-2H3. The third kappa shape index (κ3) is 1.74. The summed E-state index contributed by atoms with van der Waals surface area (Å²) < 4.78 is 7.21. The molecule has 0 saturated carbocycles. The van der Waals surface area contributed by atoms with Gasteiger partial charge in [0, 0.05) is 24.0 Å². The van der Waals surface area contributed by atoms with Crippen LogP contribution in [-0.2, 0) is 0 Å². The van der Waals surface area contributed by atoms with Crippen molar-refractivity contribution in [3.05, 3.63) is 54.4 Å². The zero-order valence-corrected chi connectivity index (χ0v) is 10.4. The molecular formula is C15H14N2O. The van der Waals surface area contributed by atoms with E-state index < -0.39 is 0 Å². The predicted octanol–water partition coefficient (Wildman–Crippen LogP) is 3.32. The fourth-order valence-electron chi connectivity index (χ4n) is 2.08. The highest BCUT2D eigenvalue weighted by Crippen LogP contribution is 2.23. The number of benzene rings is 1. The average Bonchev–Trinajstić information content (AvgIpc) is 2.81. The van der Waals surface area contributed by atoms with Crippen LogP contribution in [0.15, 0.2) is 48.8 Å². The molecule has 0 aliphatic heterocycles. The van der Waals surface area contributed by atoms with Crippen LogP contribution in [0.5, 0.6) is 5.75 Å². The molecule has 0 aliphatic carbocycles.